The van der Waals surface area contributed by atoms with E-state index in [2.05, 4.69) is 9.88 Å². The highest BCUT2D eigenvalue weighted by molar-refractivity contribution is 7.89. The van der Waals surface area contributed by atoms with Crippen molar-refractivity contribution in [2.45, 2.75) is 23.8 Å². The maximum absolute atomic E-state index is 12.6. The van der Waals surface area contributed by atoms with Crippen LogP contribution < -0.4 is 0 Å². The summed E-state index contributed by atoms with van der Waals surface area (Å²) in [5.41, 5.74) is -0.0396. The summed E-state index contributed by atoms with van der Waals surface area (Å²) in [5.74, 6) is 0. The van der Waals surface area contributed by atoms with Crippen LogP contribution >= 0.6 is 0 Å². The highest BCUT2D eigenvalue weighted by Crippen LogP contribution is 2.23. The molecule has 6 nitrogen and oxygen atoms in total. The topological polar surface area (TPSA) is 77.3 Å². The monoisotopic (exact) mass is 294 g/mol. The van der Waals surface area contributed by atoms with Crippen molar-refractivity contribution in [3.8, 4) is 6.07 Å². The van der Waals surface area contributed by atoms with Crippen LogP contribution in [0.1, 0.15) is 18.5 Å². The molecule has 0 spiro atoms. The zero-order valence-corrected chi connectivity index (χ0v) is 12.5. The second-order valence-corrected chi connectivity index (χ2v) is 6.97. The van der Waals surface area contributed by atoms with Crippen molar-refractivity contribution in [1.82, 2.24) is 14.2 Å². The first-order valence-corrected chi connectivity index (χ1v) is 7.92. The van der Waals surface area contributed by atoms with E-state index in [0.717, 1.165) is 12.8 Å². The van der Waals surface area contributed by atoms with Crippen molar-refractivity contribution in [1.29, 1.82) is 5.26 Å². The third kappa shape index (κ3) is 2.82. The lowest BCUT2D eigenvalue weighted by atomic mass is 10.1. The standard InChI is InChI=1S/C13H18N4O2S/c1-16(2)11-5-8-17(9-6-11)20(18,19)13-4-3-7-15-12(13)10-14/h3-4,7,11H,5-6,8-9H2,1-2H3. The fourth-order valence-corrected chi connectivity index (χ4v) is 3.98. The van der Waals surface area contributed by atoms with Crippen LogP contribution in [0.2, 0.25) is 0 Å². The fraction of sp³-hybridized carbons (Fsp3) is 0.538. The molecular weight excluding hydrogens is 276 g/mol. The first-order chi connectivity index (χ1) is 9.46. The van der Waals surface area contributed by atoms with Gasteiger partial charge in [0.15, 0.2) is 5.69 Å². The number of nitrogens with zero attached hydrogens (tertiary/aromatic N) is 4. The lowest BCUT2D eigenvalue weighted by molar-refractivity contribution is 0.196. The van der Waals surface area contributed by atoms with Crippen molar-refractivity contribution >= 4 is 10.0 Å². The van der Waals surface area contributed by atoms with Gasteiger partial charge in [-0.3, -0.25) is 0 Å². The van der Waals surface area contributed by atoms with E-state index >= 15 is 0 Å². The summed E-state index contributed by atoms with van der Waals surface area (Å²) in [6, 6.07) is 5.24. The van der Waals surface area contributed by atoms with Gasteiger partial charge in [-0.05, 0) is 39.1 Å². The molecule has 2 heterocycles. The van der Waals surface area contributed by atoms with E-state index in [0.29, 0.717) is 19.1 Å². The quantitative estimate of drug-likeness (QED) is 0.819. The molecule has 7 heteroatoms. The number of piperidine rings is 1. The van der Waals surface area contributed by atoms with Gasteiger partial charge in [0, 0.05) is 25.3 Å². The van der Waals surface area contributed by atoms with Crippen molar-refractivity contribution in [2.75, 3.05) is 27.2 Å². The molecule has 0 amide bonds. The summed E-state index contributed by atoms with van der Waals surface area (Å²) in [6.45, 7) is 0.954. The third-order valence-corrected chi connectivity index (χ3v) is 5.58. The van der Waals surface area contributed by atoms with Crippen molar-refractivity contribution in [3.05, 3.63) is 24.0 Å². The highest BCUT2D eigenvalue weighted by Gasteiger charge is 2.31. The van der Waals surface area contributed by atoms with E-state index in [-0.39, 0.29) is 10.6 Å². The summed E-state index contributed by atoms with van der Waals surface area (Å²) in [5, 5.41) is 8.99. The lowest BCUT2D eigenvalue weighted by Crippen LogP contribution is -2.44. The molecule has 1 aromatic heterocycles. The van der Waals surface area contributed by atoms with Gasteiger partial charge in [0.25, 0.3) is 0 Å². The van der Waals surface area contributed by atoms with Crippen LogP contribution in [-0.2, 0) is 10.0 Å². The van der Waals surface area contributed by atoms with Crippen LogP contribution in [0.4, 0.5) is 0 Å². The van der Waals surface area contributed by atoms with Crippen LogP contribution in [-0.4, -0.2) is 55.8 Å². The van der Waals surface area contributed by atoms with Gasteiger partial charge in [-0.2, -0.15) is 9.57 Å². The molecule has 0 aromatic carbocycles. The largest absolute Gasteiger partial charge is 0.306 e. The molecule has 1 fully saturated rings. The van der Waals surface area contributed by atoms with E-state index in [1.54, 1.807) is 6.07 Å². The Balaban J connectivity index is 2.23. The minimum absolute atomic E-state index is 0.00537. The van der Waals surface area contributed by atoms with Gasteiger partial charge in [0.1, 0.15) is 11.0 Å². The van der Waals surface area contributed by atoms with E-state index in [1.165, 1.54) is 16.6 Å². The van der Waals surface area contributed by atoms with Crippen molar-refractivity contribution in [2.24, 2.45) is 0 Å². The molecule has 20 heavy (non-hydrogen) atoms. The van der Waals surface area contributed by atoms with Gasteiger partial charge in [-0.25, -0.2) is 13.4 Å². The van der Waals surface area contributed by atoms with Crippen LogP contribution in [0.5, 0.6) is 0 Å². The Morgan fingerprint density at radius 2 is 2.05 bits per heavy atom. The molecule has 108 valence electrons. The number of hydrogen-bond acceptors (Lipinski definition) is 5. The Bertz CT molecular complexity index is 614. The molecule has 1 aliphatic heterocycles. The molecule has 0 N–H and O–H groups in total. The normalized spacial score (nSPS) is 18.1. The summed E-state index contributed by atoms with van der Waals surface area (Å²) in [7, 11) is 0.383. The van der Waals surface area contributed by atoms with Crippen molar-refractivity contribution < 1.29 is 8.42 Å². The van der Waals surface area contributed by atoms with Gasteiger partial charge in [0.2, 0.25) is 10.0 Å². The summed E-state index contributed by atoms with van der Waals surface area (Å²) < 4.78 is 26.6. The second-order valence-electron chi connectivity index (χ2n) is 5.06. The number of rotatable bonds is 3. The second kappa shape index (κ2) is 5.87. The van der Waals surface area contributed by atoms with E-state index < -0.39 is 10.0 Å². The van der Waals surface area contributed by atoms with Crippen LogP contribution in [0.3, 0.4) is 0 Å². The highest BCUT2D eigenvalue weighted by atomic mass is 32.2. The molecule has 0 unspecified atom stereocenters. The Labute approximate surface area is 119 Å². The number of hydrogen-bond donors (Lipinski definition) is 0. The first-order valence-electron chi connectivity index (χ1n) is 6.48. The number of aromatic nitrogens is 1. The van der Waals surface area contributed by atoms with E-state index in [1.807, 2.05) is 20.2 Å². The minimum Gasteiger partial charge on any atom is -0.306 e. The summed E-state index contributed by atoms with van der Waals surface area (Å²) in [4.78, 5) is 5.95. The molecule has 1 aliphatic rings. The Hall–Kier alpha value is -1.49. The average molecular weight is 294 g/mol. The number of pyridine rings is 1. The molecule has 0 bridgehead atoms. The molecule has 0 atom stereocenters. The number of nitriles is 1. The van der Waals surface area contributed by atoms with Crippen LogP contribution in [0, 0.1) is 11.3 Å². The zero-order chi connectivity index (χ0) is 14.8. The van der Waals surface area contributed by atoms with Crippen molar-refractivity contribution in [3.63, 3.8) is 0 Å². The maximum atomic E-state index is 12.6. The molecule has 0 aliphatic carbocycles. The minimum atomic E-state index is -3.62. The van der Waals surface area contributed by atoms with Gasteiger partial charge < -0.3 is 4.90 Å². The Morgan fingerprint density at radius 3 is 2.60 bits per heavy atom. The molecule has 1 saturated heterocycles. The summed E-state index contributed by atoms with van der Waals surface area (Å²) in [6.07, 6.45) is 3.03. The SMILES string of the molecule is CN(C)C1CCN(S(=O)(=O)c2cccnc2C#N)CC1. The van der Waals surface area contributed by atoms with Crippen LogP contribution in [0.25, 0.3) is 0 Å². The molecular formula is C13H18N4O2S. The van der Waals surface area contributed by atoms with E-state index in [9.17, 15) is 8.42 Å². The van der Waals surface area contributed by atoms with Gasteiger partial charge >= 0.3 is 0 Å². The fourth-order valence-electron chi connectivity index (χ4n) is 2.42. The molecule has 2 rings (SSSR count). The first kappa shape index (κ1) is 14.9. The average Bonchev–Trinajstić information content (AvgIpc) is 2.47. The smallest absolute Gasteiger partial charge is 0.245 e. The molecule has 0 saturated carbocycles. The van der Waals surface area contributed by atoms with Gasteiger partial charge in [-0.15, -0.1) is 0 Å². The Kier molecular flexibility index (Phi) is 4.38. The predicted octanol–water partition coefficient (Wildman–Crippen LogP) is 0.668. The predicted molar refractivity (Wildman–Crippen MR) is 74.4 cm³/mol. The molecule has 0 radical (unpaired) electrons. The van der Waals surface area contributed by atoms with Gasteiger partial charge in [-0.1, -0.05) is 0 Å². The van der Waals surface area contributed by atoms with Gasteiger partial charge in [0.05, 0.1) is 0 Å². The van der Waals surface area contributed by atoms with Crippen LogP contribution in [0.15, 0.2) is 23.2 Å². The third-order valence-electron chi connectivity index (χ3n) is 3.65. The zero-order valence-electron chi connectivity index (χ0n) is 11.7. The van der Waals surface area contributed by atoms with E-state index in [4.69, 9.17) is 5.26 Å². The molecule has 1 aromatic rings. The maximum Gasteiger partial charge on any atom is 0.245 e. The number of sulfonamides is 1. The lowest BCUT2D eigenvalue weighted by Gasteiger charge is -2.34. The summed E-state index contributed by atoms with van der Waals surface area (Å²) >= 11 is 0. The Morgan fingerprint density at radius 1 is 1.40 bits per heavy atom.